The number of likely N-dealkylation sites (tertiary alicyclic amines) is 1. The molecule has 2 aliphatic heterocycles. The molecule has 2 aromatic rings. The number of hydrogen-bond acceptors (Lipinski definition) is 4. The van der Waals surface area contributed by atoms with Gasteiger partial charge < -0.3 is 9.84 Å². The average molecular weight is 556 g/mol. The van der Waals surface area contributed by atoms with Gasteiger partial charge >= 0.3 is 0 Å². The maximum atomic E-state index is 13.8. The van der Waals surface area contributed by atoms with E-state index < -0.39 is 0 Å². The van der Waals surface area contributed by atoms with E-state index in [1.807, 2.05) is 24.3 Å². The zero-order valence-corrected chi connectivity index (χ0v) is 24.7. The lowest BCUT2D eigenvalue weighted by Gasteiger charge is -2.32. The summed E-state index contributed by atoms with van der Waals surface area (Å²) in [7, 11) is 0. The Morgan fingerprint density at radius 3 is 2.49 bits per heavy atom. The van der Waals surface area contributed by atoms with E-state index in [0.717, 1.165) is 87.0 Å². The van der Waals surface area contributed by atoms with E-state index in [1.165, 1.54) is 23.1 Å². The summed E-state index contributed by atoms with van der Waals surface area (Å²) in [5.41, 5.74) is 5.26. The number of carbonyl (C=O) groups is 2. The Kier molecular flexibility index (Phi) is 8.35. The number of aromatic hydroxyl groups is 1. The SMILES string of the molecule is CCCC1=C2[C@@H](CC/C(=C/c3ccc(O)c4ccccc34)CCC)OC[C@@H]2[C@@H]2C(=O)N(C3CCCCC3)C(=O)[C@@H]2C1. The van der Waals surface area contributed by atoms with Crippen LogP contribution in [0.4, 0.5) is 0 Å². The summed E-state index contributed by atoms with van der Waals surface area (Å²) in [6.45, 7) is 4.98. The Labute approximate surface area is 244 Å². The van der Waals surface area contributed by atoms with Gasteiger partial charge in [-0.3, -0.25) is 14.5 Å². The van der Waals surface area contributed by atoms with Gasteiger partial charge in [0.15, 0.2) is 0 Å². The molecule has 0 spiro atoms. The Hall–Kier alpha value is -2.92. The number of fused-ring (bicyclic) bond motifs is 4. The van der Waals surface area contributed by atoms with E-state index >= 15 is 0 Å². The van der Waals surface area contributed by atoms with Crippen molar-refractivity contribution in [2.24, 2.45) is 17.8 Å². The molecule has 6 rings (SSSR count). The monoisotopic (exact) mass is 555 g/mol. The van der Waals surface area contributed by atoms with Crippen molar-refractivity contribution in [3.05, 3.63) is 58.7 Å². The molecule has 3 fully saturated rings. The van der Waals surface area contributed by atoms with Gasteiger partial charge in [-0.1, -0.05) is 93.5 Å². The van der Waals surface area contributed by atoms with Gasteiger partial charge in [-0.2, -0.15) is 0 Å². The zero-order valence-electron chi connectivity index (χ0n) is 24.7. The fourth-order valence-electron chi connectivity index (χ4n) is 8.29. The van der Waals surface area contributed by atoms with Crippen LogP contribution in [0.2, 0.25) is 0 Å². The summed E-state index contributed by atoms with van der Waals surface area (Å²) in [5, 5.41) is 12.3. The molecule has 0 bridgehead atoms. The van der Waals surface area contributed by atoms with Gasteiger partial charge in [0.1, 0.15) is 5.75 Å². The maximum absolute atomic E-state index is 13.8. The zero-order chi connectivity index (χ0) is 28.5. The summed E-state index contributed by atoms with van der Waals surface area (Å²) < 4.78 is 6.51. The summed E-state index contributed by atoms with van der Waals surface area (Å²) in [6.07, 6.45) is 14.4. The largest absolute Gasteiger partial charge is 0.507 e. The highest BCUT2D eigenvalue weighted by atomic mass is 16.5. The summed E-state index contributed by atoms with van der Waals surface area (Å²) in [5.74, 6) is 0.106. The number of imide groups is 1. The highest BCUT2D eigenvalue weighted by Crippen LogP contribution is 2.51. The molecule has 2 aliphatic carbocycles. The molecular weight excluding hydrogens is 510 g/mol. The quantitative estimate of drug-likeness (QED) is 0.252. The third kappa shape index (κ3) is 5.27. The molecule has 0 aromatic heterocycles. The first-order chi connectivity index (χ1) is 20.0. The molecule has 41 heavy (non-hydrogen) atoms. The molecule has 2 saturated heterocycles. The van der Waals surface area contributed by atoms with E-state index in [1.54, 1.807) is 11.0 Å². The van der Waals surface area contributed by atoms with E-state index in [0.29, 0.717) is 12.4 Å². The fourth-order valence-corrected chi connectivity index (χ4v) is 8.29. The van der Waals surface area contributed by atoms with Crippen molar-refractivity contribution in [1.29, 1.82) is 0 Å². The van der Waals surface area contributed by atoms with Gasteiger partial charge in [-0.05, 0) is 67.5 Å². The predicted molar refractivity (Wildman–Crippen MR) is 163 cm³/mol. The summed E-state index contributed by atoms with van der Waals surface area (Å²) in [4.78, 5) is 29.2. The number of benzene rings is 2. The Morgan fingerprint density at radius 1 is 0.951 bits per heavy atom. The van der Waals surface area contributed by atoms with Crippen LogP contribution >= 0.6 is 0 Å². The molecule has 5 nitrogen and oxygen atoms in total. The fraction of sp³-hybridized carbons (Fsp3) is 0.556. The highest BCUT2D eigenvalue weighted by molar-refractivity contribution is 6.06. The molecule has 1 N–H and O–H groups in total. The Balaban J connectivity index is 1.24. The van der Waals surface area contributed by atoms with Gasteiger partial charge in [0.25, 0.3) is 0 Å². The van der Waals surface area contributed by atoms with Gasteiger partial charge in [0.2, 0.25) is 11.8 Å². The first kappa shape index (κ1) is 28.2. The van der Waals surface area contributed by atoms with Crippen LogP contribution in [0.15, 0.2) is 53.1 Å². The van der Waals surface area contributed by atoms with Crippen molar-refractivity contribution in [2.45, 2.75) is 103 Å². The second-order valence-electron chi connectivity index (χ2n) is 12.7. The summed E-state index contributed by atoms with van der Waals surface area (Å²) >= 11 is 0. The standard InChI is InChI=1S/C36H45NO4/c1-3-10-23(20-24-17-18-31(38)28-15-9-8-14-27(24)28)16-19-32-33-25(11-4-2)21-29-34(30(33)22-41-32)36(40)37(35(29)39)26-12-6-5-7-13-26/h8-9,14-15,17-18,20,26,29-30,32,34,38H,3-7,10-13,16,19,21-22H2,1-2H3/b23-20+/t29-,30+,32-,34-/m1/s1. The number of nitrogens with zero attached hydrogens (tertiary/aromatic N) is 1. The molecule has 0 unspecified atom stereocenters. The number of phenols is 1. The number of allylic oxidation sites excluding steroid dienone is 2. The smallest absolute Gasteiger partial charge is 0.234 e. The van der Waals surface area contributed by atoms with Gasteiger partial charge in [-0.15, -0.1) is 0 Å². The van der Waals surface area contributed by atoms with Crippen molar-refractivity contribution >= 4 is 28.7 Å². The molecule has 1 saturated carbocycles. The topological polar surface area (TPSA) is 66.8 Å². The van der Waals surface area contributed by atoms with Crippen LogP contribution in [0.3, 0.4) is 0 Å². The van der Waals surface area contributed by atoms with Crippen LogP contribution in [-0.2, 0) is 14.3 Å². The molecule has 2 amide bonds. The number of rotatable bonds is 9. The Morgan fingerprint density at radius 2 is 1.73 bits per heavy atom. The molecule has 0 radical (unpaired) electrons. The van der Waals surface area contributed by atoms with Gasteiger partial charge in [0, 0.05) is 17.3 Å². The van der Waals surface area contributed by atoms with Crippen LogP contribution in [-0.4, -0.2) is 40.6 Å². The van der Waals surface area contributed by atoms with Gasteiger partial charge in [0.05, 0.1) is 24.5 Å². The van der Waals surface area contributed by atoms with Crippen LogP contribution in [0.1, 0.15) is 96.5 Å². The van der Waals surface area contributed by atoms with Crippen molar-refractivity contribution in [3.8, 4) is 5.75 Å². The van der Waals surface area contributed by atoms with Crippen molar-refractivity contribution in [2.75, 3.05) is 6.61 Å². The van der Waals surface area contributed by atoms with E-state index in [-0.39, 0.29) is 41.7 Å². The highest BCUT2D eigenvalue weighted by Gasteiger charge is 2.57. The predicted octanol–water partition coefficient (Wildman–Crippen LogP) is 7.96. The lowest BCUT2D eigenvalue weighted by atomic mass is 9.68. The molecular formula is C36H45NO4. The lowest BCUT2D eigenvalue weighted by Crippen LogP contribution is -2.42. The van der Waals surface area contributed by atoms with Gasteiger partial charge in [-0.25, -0.2) is 0 Å². The van der Waals surface area contributed by atoms with Crippen molar-refractivity contribution in [3.63, 3.8) is 0 Å². The van der Waals surface area contributed by atoms with Crippen molar-refractivity contribution < 1.29 is 19.4 Å². The van der Waals surface area contributed by atoms with Crippen molar-refractivity contribution in [1.82, 2.24) is 4.90 Å². The third-order valence-corrected chi connectivity index (χ3v) is 10.1. The minimum atomic E-state index is -0.237. The molecule has 218 valence electrons. The molecule has 5 heteroatoms. The van der Waals surface area contributed by atoms with Crippen LogP contribution in [0.25, 0.3) is 16.8 Å². The van der Waals surface area contributed by atoms with Crippen LogP contribution < -0.4 is 0 Å². The normalized spacial score (nSPS) is 27.2. The second-order valence-corrected chi connectivity index (χ2v) is 12.7. The van der Waals surface area contributed by atoms with E-state index in [2.05, 4.69) is 26.0 Å². The lowest BCUT2D eigenvalue weighted by molar-refractivity contribution is -0.143. The molecule has 4 aliphatic rings. The average Bonchev–Trinajstić information content (AvgIpc) is 3.52. The summed E-state index contributed by atoms with van der Waals surface area (Å²) in [6, 6.07) is 11.9. The number of ether oxygens (including phenoxy) is 1. The number of amides is 2. The number of phenolic OH excluding ortho intramolecular Hbond substituents is 1. The minimum Gasteiger partial charge on any atom is -0.507 e. The molecule has 4 atom stereocenters. The molecule has 2 aromatic carbocycles. The number of hydrogen-bond donors (Lipinski definition) is 1. The molecule has 2 heterocycles. The van der Waals surface area contributed by atoms with Crippen LogP contribution in [0.5, 0.6) is 5.75 Å². The second kappa shape index (κ2) is 12.1. The van der Waals surface area contributed by atoms with Crippen LogP contribution in [0, 0.1) is 17.8 Å². The first-order valence-corrected chi connectivity index (χ1v) is 16.1. The maximum Gasteiger partial charge on any atom is 0.234 e. The van der Waals surface area contributed by atoms with E-state index in [4.69, 9.17) is 4.74 Å². The first-order valence-electron chi connectivity index (χ1n) is 16.1. The number of carbonyl (C=O) groups excluding carboxylic acids is 2. The third-order valence-electron chi connectivity index (χ3n) is 10.1. The Bertz CT molecular complexity index is 1370. The minimum absolute atomic E-state index is 0.0194. The van der Waals surface area contributed by atoms with E-state index in [9.17, 15) is 14.7 Å².